The summed E-state index contributed by atoms with van der Waals surface area (Å²) in [5.74, 6) is 0.919. The summed E-state index contributed by atoms with van der Waals surface area (Å²) in [7, 11) is 0. The van der Waals surface area contributed by atoms with Crippen molar-refractivity contribution in [1.29, 1.82) is 0 Å². The Morgan fingerprint density at radius 3 is 2.95 bits per heavy atom. The molecule has 0 atom stereocenters. The van der Waals surface area contributed by atoms with Crippen LogP contribution < -0.4 is 5.32 Å². The maximum atomic E-state index is 4.52. The predicted octanol–water partition coefficient (Wildman–Crippen LogP) is 3.83. The van der Waals surface area contributed by atoms with Crippen molar-refractivity contribution in [3.63, 3.8) is 0 Å². The molecular weight excluding hydrogens is 254 g/mol. The van der Waals surface area contributed by atoms with Crippen molar-refractivity contribution in [2.45, 2.75) is 32.7 Å². The summed E-state index contributed by atoms with van der Waals surface area (Å²) in [6.07, 6.45) is 3.93. The molecular formula is C15H21N3S. The van der Waals surface area contributed by atoms with Crippen molar-refractivity contribution in [1.82, 2.24) is 9.55 Å². The Bertz CT molecular complexity index is 538. The average molecular weight is 275 g/mol. The zero-order chi connectivity index (χ0) is 13.9. The van der Waals surface area contributed by atoms with Gasteiger partial charge in [0.15, 0.2) is 0 Å². The highest BCUT2D eigenvalue weighted by molar-refractivity contribution is 7.10. The summed E-state index contributed by atoms with van der Waals surface area (Å²) in [6.45, 7) is 11.9. The number of hydrogen-bond donors (Lipinski definition) is 1. The number of aryl methyl sites for hydroxylation is 1. The molecule has 0 aromatic carbocycles. The van der Waals surface area contributed by atoms with Crippen molar-refractivity contribution in [3.8, 4) is 0 Å². The van der Waals surface area contributed by atoms with Crippen LogP contribution in [0.3, 0.4) is 0 Å². The molecule has 2 aromatic rings. The molecule has 0 bridgehead atoms. The monoisotopic (exact) mass is 275 g/mol. The first-order chi connectivity index (χ1) is 9.03. The minimum atomic E-state index is 0.104. The predicted molar refractivity (Wildman–Crippen MR) is 83.0 cm³/mol. The Morgan fingerprint density at radius 1 is 1.53 bits per heavy atom. The first kappa shape index (κ1) is 13.9. The molecule has 0 fully saturated rings. The first-order valence-corrected chi connectivity index (χ1v) is 7.33. The molecule has 0 saturated carbocycles. The molecule has 0 radical (unpaired) electrons. The average Bonchev–Trinajstić information content (AvgIpc) is 2.97. The van der Waals surface area contributed by atoms with E-state index in [-0.39, 0.29) is 5.41 Å². The molecule has 0 saturated heterocycles. The molecule has 3 nitrogen and oxygen atoms in total. The summed E-state index contributed by atoms with van der Waals surface area (Å²) in [5, 5.41) is 5.58. The third-order valence-corrected chi connectivity index (χ3v) is 4.34. The molecule has 0 aliphatic carbocycles. The number of allylic oxidation sites excluding steroid dienone is 1. The van der Waals surface area contributed by atoms with Crippen LogP contribution in [0.4, 0.5) is 5.95 Å². The highest BCUT2D eigenvalue weighted by Gasteiger charge is 2.22. The van der Waals surface area contributed by atoms with Gasteiger partial charge in [-0.05, 0) is 18.4 Å². The van der Waals surface area contributed by atoms with E-state index in [0.29, 0.717) is 0 Å². The Balaban J connectivity index is 2.08. The van der Waals surface area contributed by atoms with Gasteiger partial charge in [0.25, 0.3) is 0 Å². The summed E-state index contributed by atoms with van der Waals surface area (Å²) in [6, 6.07) is 4.29. The van der Waals surface area contributed by atoms with E-state index >= 15 is 0 Å². The number of aromatic nitrogens is 2. The van der Waals surface area contributed by atoms with Crippen LogP contribution in [-0.4, -0.2) is 16.1 Å². The minimum absolute atomic E-state index is 0.104. The summed E-state index contributed by atoms with van der Waals surface area (Å²) < 4.78 is 2.09. The maximum Gasteiger partial charge on any atom is 0.203 e. The Kier molecular flexibility index (Phi) is 4.10. The van der Waals surface area contributed by atoms with Gasteiger partial charge in [0.2, 0.25) is 5.95 Å². The largest absolute Gasteiger partial charge is 0.355 e. The van der Waals surface area contributed by atoms with Gasteiger partial charge in [0, 0.05) is 29.6 Å². The second kappa shape index (κ2) is 5.61. The molecule has 0 unspecified atom stereocenters. The number of nitrogens with zero attached hydrogens (tertiary/aromatic N) is 2. The first-order valence-electron chi connectivity index (χ1n) is 6.45. The molecule has 2 heterocycles. The van der Waals surface area contributed by atoms with Crippen LogP contribution in [0, 0.1) is 6.92 Å². The van der Waals surface area contributed by atoms with E-state index < -0.39 is 0 Å². The second-order valence-corrected chi connectivity index (χ2v) is 6.31. The molecule has 0 aliphatic heterocycles. The number of rotatable bonds is 6. The lowest BCUT2D eigenvalue weighted by molar-refractivity contribution is 0.565. The van der Waals surface area contributed by atoms with E-state index in [1.165, 1.54) is 4.88 Å². The maximum absolute atomic E-state index is 4.52. The van der Waals surface area contributed by atoms with Gasteiger partial charge in [-0.25, -0.2) is 4.98 Å². The molecule has 4 heteroatoms. The molecule has 2 aromatic heterocycles. The van der Waals surface area contributed by atoms with Crippen molar-refractivity contribution in [3.05, 3.63) is 46.9 Å². The molecule has 1 N–H and O–H groups in total. The lowest BCUT2D eigenvalue weighted by atomic mass is 9.91. The van der Waals surface area contributed by atoms with Gasteiger partial charge in [-0.3, -0.25) is 0 Å². The summed E-state index contributed by atoms with van der Waals surface area (Å²) >= 11 is 1.80. The van der Waals surface area contributed by atoms with Crippen molar-refractivity contribution < 1.29 is 0 Å². The number of hydrogen-bond acceptors (Lipinski definition) is 3. The summed E-state index contributed by atoms with van der Waals surface area (Å²) in [5.41, 5.74) is 1.13. The van der Waals surface area contributed by atoms with E-state index in [0.717, 1.165) is 24.7 Å². The smallest absolute Gasteiger partial charge is 0.203 e. The van der Waals surface area contributed by atoms with Crippen molar-refractivity contribution in [2.75, 3.05) is 11.9 Å². The highest BCUT2D eigenvalue weighted by atomic mass is 32.1. The highest BCUT2D eigenvalue weighted by Crippen LogP contribution is 2.27. The van der Waals surface area contributed by atoms with E-state index in [2.05, 4.69) is 52.8 Å². The van der Waals surface area contributed by atoms with Crippen LogP contribution in [0.1, 0.15) is 24.4 Å². The normalized spacial score (nSPS) is 11.5. The van der Waals surface area contributed by atoms with E-state index in [9.17, 15) is 0 Å². The lowest BCUT2D eigenvalue weighted by Crippen LogP contribution is -2.27. The van der Waals surface area contributed by atoms with Crippen LogP contribution >= 0.6 is 11.3 Å². The van der Waals surface area contributed by atoms with Crippen LogP contribution in [0.5, 0.6) is 0 Å². The molecule has 0 amide bonds. The third-order valence-electron chi connectivity index (χ3n) is 3.10. The van der Waals surface area contributed by atoms with E-state index in [4.69, 9.17) is 0 Å². The van der Waals surface area contributed by atoms with Crippen molar-refractivity contribution >= 4 is 17.3 Å². The van der Waals surface area contributed by atoms with Crippen LogP contribution in [0.2, 0.25) is 0 Å². The zero-order valence-corrected chi connectivity index (χ0v) is 12.6. The standard InChI is InChI=1S/C15H21N3S/c1-5-8-18-10-12(2)17-14(18)16-11-15(3,4)13-7-6-9-19-13/h5-7,9-10H,1,8,11H2,2-4H3,(H,16,17). The second-order valence-electron chi connectivity index (χ2n) is 5.36. The Morgan fingerprint density at radius 2 is 2.32 bits per heavy atom. The number of nitrogens with one attached hydrogen (secondary N) is 1. The summed E-state index contributed by atoms with van der Waals surface area (Å²) in [4.78, 5) is 5.91. The topological polar surface area (TPSA) is 29.9 Å². The number of imidazole rings is 1. The zero-order valence-electron chi connectivity index (χ0n) is 11.8. The van der Waals surface area contributed by atoms with Gasteiger partial charge in [0.1, 0.15) is 0 Å². The van der Waals surface area contributed by atoms with Crippen LogP contribution in [0.25, 0.3) is 0 Å². The van der Waals surface area contributed by atoms with Crippen molar-refractivity contribution in [2.24, 2.45) is 0 Å². The van der Waals surface area contributed by atoms with Gasteiger partial charge in [0.05, 0.1) is 5.69 Å². The number of thiophene rings is 1. The van der Waals surface area contributed by atoms with Crippen LogP contribution in [-0.2, 0) is 12.0 Å². The molecule has 19 heavy (non-hydrogen) atoms. The van der Waals surface area contributed by atoms with Gasteiger partial charge in [-0.1, -0.05) is 26.0 Å². The molecule has 0 spiro atoms. The fraction of sp³-hybridized carbons (Fsp3) is 0.400. The van der Waals surface area contributed by atoms with Gasteiger partial charge < -0.3 is 9.88 Å². The lowest BCUT2D eigenvalue weighted by Gasteiger charge is -2.24. The molecule has 102 valence electrons. The number of anilines is 1. The quantitative estimate of drug-likeness (QED) is 0.812. The fourth-order valence-electron chi connectivity index (χ4n) is 2.02. The van der Waals surface area contributed by atoms with Crippen LogP contribution in [0.15, 0.2) is 36.4 Å². The third kappa shape index (κ3) is 3.26. The molecule has 2 rings (SSSR count). The SMILES string of the molecule is C=CCn1cc(C)nc1NCC(C)(C)c1cccs1. The Hall–Kier alpha value is -1.55. The fourth-order valence-corrected chi connectivity index (χ4v) is 2.87. The van der Waals surface area contributed by atoms with E-state index in [1.807, 2.05) is 19.2 Å². The van der Waals surface area contributed by atoms with Gasteiger partial charge in [-0.15, -0.1) is 17.9 Å². The Labute approximate surface area is 119 Å². The minimum Gasteiger partial charge on any atom is -0.355 e. The van der Waals surface area contributed by atoms with Gasteiger partial charge >= 0.3 is 0 Å². The molecule has 0 aliphatic rings. The van der Waals surface area contributed by atoms with E-state index in [1.54, 1.807) is 11.3 Å². The van der Waals surface area contributed by atoms with Gasteiger partial charge in [-0.2, -0.15) is 0 Å².